The Morgan fingerprint density at radius 3 is 1.98 bits per heavy atom. The third kappa shape index (κ3) is 30.0. The topological polar surface area (TPSA) is 168 Å². The van der Waals surface area contributed by atoms with Crippen molar-refractivity contribution in [1.82, 2.24) is 0 Å². The highest BCUT2D eigenvalue weighted by Crippen LogP contribution is 2.43. The fourth-order valence-electron chi connectivity index (χ4n) is 6.30. The molecule has 11 nitrogen and oxygen atoms in total. The normalized spacial score (nSPS) is 14.2. The van der Waals surface area contributed by atoms with Crippen molar-refractivity contribution in [3.63, 3.8) is 0 Å². The van der Waals surface area contributed by atoms with E-state index in [2.05, 4.69) is 33.8 Å². The van der Waals surface area contributed by atoms with Gasteiger partial charge in [-0.25, -0.2) is 4.57 Å². The number of nitrogens with two attached hydrogens (primary N) is 1. The van der Waals surface area contributed by atoms with Gasteiger partial charge in [-0.1, -0.05) is 127 Å². The Balaban J connectivity index is 2.32. The van der Waals surface area contributed by atoms with Crippen LogP contribution >= 0.6 is 7.82 Å². The number of carbonyl (C=O) groups is 2. The van der Waals surface area contributed by atoms with Crippen LogP contribution in [0.3, 0.4) is 0 Å². The molecule has 4 N–H and O–H groups in total. The van der Waals surface area contributed by atoms with Gasteiger partial charge in [0.1, 0.15) is 18.1 Å². The lowest BCUT2D eigenvalue weighted by atomic mass is 10.0. The first-order chi connectivity index (χ1) is 28.5. The van der Waals surface area contributed by atoms with Crippen molar-refractivity contribution < 1.29 is 47.1 Å². The molecule has 0 saturated carbocycles. The zero-order chi connectivity index (χ0) is 43.4. The third-order valence-corrected chi connectivity index (χ3v) is 11.0. The van der Waals surface area contributed by atoms with Gasteiger partial charge >= 0.3 is 19.8 Å². The maximum absolute atomic E-state index is 12.6. The highest BCUT2D eigenvalue weighted by molar-refractivity contribution is 7.47. The second-order valence-electron chi connectivity index (χ2n) is 15.3. The van der Waals surface area contributed by atoms with E-state index >= 15 is 0 Å². The predicted molar refractivity (Wildman–Crippen MR) is 238 cm³/mol. The van der Waals surface area contributed by atoms with Gasteiger partial charge in [0.05, 0.1) is 19.3 Å². The molecule has 12 heteroatoms. The molecule has 1 aromatic rings. The Kier molecular flexibility index (Phi) is 33.0. The van der Waals surface area contributed by atoms with E-state index in [9.17, 15) is 24.2 Å². The Bertz CT molecular complexity index is 1400. The summed E-state index contributed by atoms with van der Waals surface area (Å²) in [4.78, 5) is 35.0. The second kappa shape index (κ2) is 35.9. The summed E-state index contributed by atoms with van der Waals surface area (Å²) in [5.41, 5.74) is 7.99. The van der Waals surface area contributed by atoms with Gasteiger partial charge < -0.3 is 29.6 Å². The minimum Gasteiger partial charge on any atom is -0.466 e. The number of allylic oxidation sites excluding steroid dienone is 6. The van der Waals surface area contributed by atoms with Crippen LogP contribution in [-0.4, -0.2) is 60.5 Å². The van der Waals surface area contributed by atoms with Gasteiger partial charge in [-0.05, 0) is 82.8 Å². The summed E-state index contributed by atoms with van der Waals surface area (Å²) >= 11 is 0. The number of phosphoric acid groups is 1. The Hall–Kier alpha value is -2.79. The summed E-state index contributed by atoms with van der Waals surface area (Å²) in [6.07, 6.45) is 35.7. The van der Waals surface area contributed by atoms with Gasteiger partial charge in [0.2, 0.25) is 0 Å². The number of esters is 2. The van der Waals surface area contributed by atoms with Crippen LogP contribution in [-0.2, 0) is 45.5 Å². The molecule has 338 valence electrons. The van der Waals surface area contributed by atoms with Crippen LogP contribution in [0, 0.1) is 13.8 Å². The zero-order valence-electron chi connectivity index (χ0n) is 37.1. The van der Waals surface area contributed by atoms with Crippen LogP contribution in [0.15, 0.2) is 53.0 Å². The number of phosphoric ester groups is 1. The van der Waals surface area contributed by atoms with Crippen molar-refractivity contribution in [3.8, 4) is 0 Å². The molecule has 0 aliphatic rings. The highest BCUT2D eigenvalue weighted by Gasteiger charge is 2.26. The van der Waals surface area contributed by atoms with E-state index in [-0.39, 0.29) is 32.6 Å². The Morgan fingerprint density at radius 2 is 1.31 bits per heavy atom. The van der Waals surface area contributed by atoms with E-state index in [4.69, 9.17) is 28.7 Å². The van der Waals surface area contributed by atoms with E-state index in [1.54, 1.807) is 6.08 Å². The molecule has 0 aliphatic carbocycles. The molecule has 3 atom stereocenters. The second-order valence-corrected chi connectivity index (χ2v) is 16.8. The molecule has 0 fully saturated rings. The number of aryl methyl sites for hydroxylation is 2. The zero-order valence-corrected chi connectivity index (χ0v) is 37.9. The monoisotopic (exact) mass is 850 g/mol. The number of aliphatic hydroxyl groups excluding tert-OH is 1. The van der Waals surface area contributed by atoms with E-state index < -0.39 is 38.6 Å². The molecular weight excluding hydrogens is 769 g/mol. The SMILES string of the molecule is CCCCC/C=C\C=C/[C@H](O)C/C=C\C/C=C/CCCC(=O)O[C@H](COC(=O)CCCCCCCCCCc1oc(CCCCC)c(C)c1C)COP(=O)(O)OCCN. The molecule has 0 aliphatic heterocycles. The number of rotatable bonds is 38. The van der Waals surface area contributed by atoms with E-state index in [0.717, 1.165) is 57.1 Å². The summed E-state index contributed by atoms with van der Waals surface area (Å²) < 4.78 is 39.0. The average Bonchev–Trinajstić information content (AvgIpc) is 3.48. The molecule has 1 rings (SSSR count). The standard InChI is InChI=1S/C47H80NO10P/c1-5-7-9-10-14-19-25-30-42(49)31-26-20-15-13-18-23-29-35-47(51)57-43(39-56-59(52,53)55-37-36-48)38-54-46(50)34-28-22-17-12-11-16-21-27-33-45-41(4)40(3)44(58-45)32-24-8-6-2/h13-14,18-20,25-26,30,42-43,49H,5-12,15-17,21-24,27-29,31-39,48H2,1-4H3,(H,52,53)/b18-13+,19-14-,26-20-,30-25-/t42-,43+/m0/s1. The number of furan rings is 1. The number of hydrogen-bond donors (Lipinski definition) is 3. The molecule has 59 heavy (non-hydrogen) atoms. The van der Waals surface area contributed by atoms with Gasteiger partial charge in [-0.15, -0.1) is 0 Å². The summed E-state index contributed by atoms with van der Waals surface area (Å²) in [5, 5.41) is 10.1. The number of carbonyl (C=O) groups excluding carboxylic acids is 2. The van der Waals surface area contributed by atoms with Crippen LogP contribution < -0.4 is 5.73 Å². The van der Waals surface area contributed by atoms with Crippen molar-refractivity contribution >= 4 is 19.8 Å². The fraction of sp³-hybridized carbons (Fsp3) is 0.702. The van der Waals surface area contributed by atoms with Crippen LogP contribution in [0.25, 0.3) is 0 Å². The van der Waals surface area contributed by atoms with Gasteiger partial charge in [0.15, 0.2) is 6.10 Å². The number of aliphatic hydroxyl groups is 1. The third-order valence-electron chi connectivity index (χ3n) is 10.0. The molecule has 1 heterocycles. The molecule has 0 radical (unpaired) electrons. The van der Waals surface area contributed by atoms with Crippen molar-refractivity contribution in [2.45, 2.75) is 188 Å². The first-order valence-corrected chi connectivity index (χ1v) is 24.1. The molecule has 0 saturated heterocycles. The van der Waals surface area contributed by atoms with Crippen LogP contribution in [0.4, 0.5) is 0 Å². The quantitative estimate of drug-likeness (QED) is 0.0190. The number of unbranched alkanes of at least 4 members (excludes halogenated alkanes) is 13. The van der Waals surface area contributed by atoms with Crippen LogP contribution in [0.1, 0.15) is 171 Å². The maximum atomic E-state index is 12.6. The minimum absolute atomic E-state index is 0.0265. The summed E-state index contributed by atoms with van der Waals surface area (Å²) in [6.45, 7) is 7.83. The van der Waals surface area contributed by atoms with Crippen molar-refractivity contribution in [1.29, 1.82) is 0 Å². The Morgan fingerprint density at radius 1 is 0.712 bits per heavy atom. The first kappa shape index (κ1) is 54.2. The van der Waals surface area contributed by atoms with Gasteiger partial charge in [0.25, 0.3) is 0 Å². The number of ether oxygens (including phenoxy) is 2. The minimum atomic E-state index is -4.42. The molecular formula is C47H80NO10P. The molecule has 1 unspecified atom stereocenters. The maximum Gasteiger partial charge on any atom is 0.472 e. The fourth-order valence-corrected chi connectivity index (χ4v) is 7.06. The number of hydrogen-bond acceptors (Lipinski definition) is 10. The van der Waals surface area contributed by atoms with E-state index in [1.165, 1.54) is 68.3 Å². The smallest absolute Gasteiger partial charge is 0.466 e. The van der Waals surface area contributed by atoms with Gasteiger partial charge in [0, 0.05) is 32.2 Å². The lowest BCUT2D eigenvalue weighted by molar-refractivity contribution is -0.161. The molecule has 0 bridgehead atoms. The van der Waals surface area contributed by atoms with Crippen molar-refractivity contribution in [2.75, 3.05) is 26.4 Å². The Labute approximate surface area is 356 Å². The summed E-state index contributed by atoms with van der Waals surface area (Å²) in [5.74, 6) is 1.36. The van der Waals surface area contributed by atoms with Gasteiger partial charge in [-0.3, -0.25) is 18.6 Å². The lowest BCUT2D eigenvalue weighted by Gasteiger charge is -2.19. The molecule has 0 spiro atoms. The summed E-state index contributed by atoms with van der Waals surface area (Å²) in [6, 6.07) is 0. The largest absolute Gasteiger partial charge is 0.472 e. The average molecular weight is 850 g/mol. The predicted octanol–water partition coefficient (Wildman–Crippen LogP) is 11.3. The molecule has 1 aromatic heterocycles. The lowest BCUT2D eigenvalue weighted by Crippen LogP contribution is -2.29. The summed E-state index contributed by atoms with van der Waals surface area (Å²) in [7, 11) is -4.42. The molecule has 0 aromatic carbocycles. The first-order valence-electron chi connectivity index (χ1n) is 22.6. The van der Waals surface area contributed by atoms with Crippen molar-refractivity contribution in [2.24, 2.45) is 5.73 Å². The molecule has 0 amide bonds. The van der Waals surface area contributed by atoms with Crippen molar-refractivity contribution in [3.05, 3.63) is 71.3 Å². The van der Waals surface area contributed by atoms with E-state index in [0.29, 0.717) is 32.1 Å². The van der Waals surface area contributed by atoms with Gasteiger partial charge in [-0.2, -0.15) is 0 Å². The van der Waals surface area contributed by atoms with Crippen LogP contribution in [0.5, 0.6) is 0 Å². The van der Waals surface area contributed by atoms with E-state index in [1.807, 2.05) is 36.5 Å². The van der Waals surface area contributed by atoms with Crippen LogP contribution in [0.2, 0.25) is 0 Å². The highest BCUT2D eigenvalue weighted by atomic mass is 31.2.